The highest BCUT2D eigenvalue weighted by Crippen LogP contribution is 2.14. The first-order chi connectivity index (χ1) is 4.70. The van der Waals surface area contributed by atoms with E-state index in [0.29, 0.717) is 0 Å². The van der Waals surface area contributed by atoms with Gasteiger partial charge < -0.3 is 0 Å². The van der Waals surface area contributed by atoms with Crippen LogP contribution >= 0.6 is 11.6 Å². The van der Waals surface area contributed by atoms with Gasteiger partial charge in [0, 0.05) is 11.1 Å². The van der Waals surface area contributed by atoms with Crippen LogP contribution in [0.2, 0.25) is 5.02 Å². The van der Waals surface area contributed by atoms with Crippen molar-refractivity contribution in [1.29, 1.82) is 0 Å². The molecule has 0 bridgehead atoms. The van der Waals surface area contributed by atoms with Crippen LogP contribution in [0.25, 0.3) is 0 Å². The highest BCUT2D eigenvalue weighted by atomic mass is 35.5. The molecule has 1 rings (SSSR count). The number of nitrogens with one attached hydrogen (secondary N) is 1. The van der Waals surface area contributed by atoms with Crippen molar-refractivity contribution in [3.63, 3.8) is 0 Å². The molecule has 0 spiro atoms. The van der Waals surface area contributed by atoms with Crippen molar-refractivity contribution in [2.24, 2.45) is 0 Å². The molecule has 1 nitrogen and oxygen atoms in total. The molecule has 0 aliphatic rings. The van der Waals surface area contributed by atoms with Gasteiger partial charge in [0.05, 0.1) is 0 Å². The average Bonchev–Trinajstić information content (AvgIpc) is 1.88. The van der Waals surface area contributed by atoms with Crippen LogP contribution in [-0.4, -0.2) is 0 Å². The summed E-state index contributed by atoms with van der Waals surface area (Å²) in [6.45, 7) is 1.84. The molecule has 53 valence electrons. The van der Waals surface area contributed by atoms with E-state index < -0.39 is 0 Å². The van der Waals surface area contributed by atoms with Crippen molar-refractivity contribution in [1.82, 2.24) is 5.73 Å². The zero-order chi connectivity index (χ0) is 7.56. The molecule has 0 fully saturated rings. The molecule has 0 saturated carbocycles. The summed E-state index contributed by atoms with van der Waals surface area (Å²) in [7, 11) is 0. The van der Waals surface area contributed by atoms with Gasteiger partial charge in [-0.15, -0.1) is 0 Å². The maximum Gasteiger partial charge on any atom is 0.0434 e. The van der Waals surface area contributed by atoms with E-state index in [4.69, 9.17) is 17.3 Å². The minimum Gasteiger partial charge on any atom is -0.250 e. The van der Waals surface area contributed by atoms with E-state index in [1.807, 2.05) is 31.2 Å². The molecule has 1 aromatic carbocycles. The summed E-state index contributed by atoms with van der Waals surface area (Å²) in [6, 6.07) is 7.21. The molecule has 0 amide bonds. The van der Waals surface area contributed by atoms with E-state index in [-0.39, 0.29) is 6.04 Å². The van der Waals surface area contributed by atoms with Crippen molar-refractivity contribution in [2.45, 2.75) is 13.0 Å². The monoisotopic (exact) mass is 154 g/mol. The Balaban J connectivity index is 2.89. The lowest BCUT2D eigenvalue weighted by Gasteiger charge is -2.02. The van der Waals surface area contributed by atoms with Gasteiger partial charge in [-0.05, 0) is 24.6 Å². The summed E-state index contributed by atoms with van der Waals surface area (Å²) in [5.74, 6) is 0. The number of rotatable bonds is 1. The van der Waals surface area contributed by atoms with Gasteiger partial charge in [-0.3, -0.25) is 5.73 Å². The Morgan fingerprint density at radius 2 is 1.80 bits per heavy atom. The molecule has 0 heterocycles. The van der Waals surface area contributed by atoms with Crippen molar-refractivity contribution >= 4 is 11.6 Å². The molecule has 0 aliphatic heterocycles. The van der Waals surface area contributed by atoms with Crippen LogP contribution in [-0.2, 0) is 0 Å². The van der Waals surface area contributed by atoms with Crippen LogP contribution in [0.1, 0.15) is 18.5 Å². The second kappa shape index (κ2) is 3.04. The lowest BCUT2D eigenvalue weighted by atomic mass is 10.1. The Bertz CT molecular complexity index is 203. The number of hydrogen-bond donors (Lipinski definition) is 0. The predicted molar refractivity (Wildman–Crippen MR) is 43.0 cm³/mol. The van der Waals surface area contributed by atoms with E-state index in [1.54, 1.807) is 0 Å². The van der Waals surface area contributed by atoms with Crippen molar-refractivity contribution < 1.29 is 0 Å². The van der Waals surface area contributed by atoms with Gasteiger partial charge in [-0.1, -0.05) is 23.7 Å². The van der Waals surface area contributed by atoms with Crippen LogP contribution in [0.15, 0.2) is 24.3 Å². The Kier molecular flexibility index (Phi) is 2.30. The van der Waals surface area contributed by atoms with Crippen LogP contribution in [0.3, 0.4) is 0 Å². The molecule has 1 N–H and O–H groups in total. The average molecular weight is 155 g/mol. The van der Waals surface area contributed by atoms with Crippen molar-refractivity contribution in [3.8, 4) is 0 Å². The molecule has 0 saturated heterocycles. The highest BCUT2D eigenvalue weighted by Gasteiger charge is 1.97. The molecule has 0 aliphatic carbocycles. The predicted octanol–water partition coefficient (Wildman–Crippen LogP) is 2.68. The van der Waals surface area contributed by atoms with E-state index in [0.717, 1.165) is 10.6 Å². The van der Waals surface area contributed by atoms with Gasteiger partial charge in [0.1, 0.15) is 0 Å². The standard InChI is InChI=1S/C8H9ClN/c1-6(10)7-2-4-8(9)5-3-7/h2-6,10H,1H3. The smallest absolute Gasteiger partial charge is 0.0434 e. The first-order valence-corrected chi connectivity index (χ1v) is 3.54. The van der Waals surface area contributed by atoms with E-state index in [1.165, 1.54) is 0 Å². The van der Waals surface area contributed by atoms with Crippen LogP contribution < -0.4 is 5.73 Å². The maximum absolute atomic E-state index is 7.35. The van der Waals surface area contributed by atoms with Crippen LogP contribution in [0.4, 0.5) is 0 Å². The Morgan fingerprint density at radius 3 is 2.20 bits per heavy atom. The Morgan fingerprint density at radius 1 is 1.30 bits per heavy atom. The first kappa shape index (κ1) is 7.58. The minimum absolute atomic E-state index is 0.155. The van der Waals surface area contributed by atoms with Crippen LogP contribution in [0.5, 0.6) is 0 Å². The third-order valence-corrected chi connectivity index (χ3v) is 1.62. The normalized spacial score (nSPS) is 13.1. The molecular weight excluding hydrogens is 146 g/mol. The molecular formula is C8H9ClN. The fourth-order valence-corrected chi connectivity index (χ4v) is 0.877. The second-order valence-corrected chi connectivity index (χ2v) is 2.71. The third-order valence-electron chi connectivity index (χ3n) is 1.37. The third kappa shape index (κ3) is 1.72. The molecule has 1 aromatic rings. The summed E-state index contributed by atoms with van der Waals surface area (Å²) < 4.78 is 0. The molecule has 1 atom stereocenters. The van der Waals surface area contributed by atoms with Crippen molar-refractivity contribution in [2.75, 3.05) is 0 Å². The van der Waals surface area contributed by atoms with Gasteiger partial charge in [-0.25, -0.2) is 0 Å². The number of benzene rings is 1. The molecule has 10 heavy (non-hydrogen) atoms. The van der Waals surface area contributed by atoms with Gasteiger partial charge in [0.25, 0.3) is 0 Å². The molecule has 1 radical (unpaired) electrons. The Hall–Kier alpha value is -0.530. The van der Waals surface area contributed by atoms with E-state index >= 15 is 0 Å². The summed E-state index contributed by atoms with van der Waals surface area (Å²) >= 11 is 5.66. The summed E-state index contributed by atoms with van der Waals surface area (Å²) in [6.07, 6.45) is 0. The largest absolute Gasteiger partial charge is 0.250 e. The minimum atomic E-state index is -0.155. The summed E-state index contributed by atoms with van der Waals surface area (Å²) in [5.41, 5.74) is 8.35. The van der Waals surface area contributed by atoms with Crippen molar-refractivity contribution in [3.05, 3.63) is 34.9 Å². The van der Waals surface area contributed by atoms with Gasteiger partial charge in [0.15, 0.2) is 0 Å². The highest BCUT2D eigenvalue weighted by molar-refractivity contribution is 6.30. The number of halogens is 1. The van der Waals surface area contributed by atoms with Crippen LogP contribution in [0, 0.1) is 0 Å². The molecule has 0 aromatic heterocycles. The topological polar surface area (TPSA) is 23.8 Å². The van der Waals surface area contributed by atoms with E-state index in [9.17, 15) is 0 Å². The molecule has 1 unspecified atom stereocenters. The fraction of sp³-hybridized carbons (Fsp3) is 0.250. The quantitative estimate of drug-likeness (QED) is 0.594. The lowest BCUT2D eigenvalue weighted by Crippen LogP contribution is -1.91. The zero-order valence-corrected chi connectivity index (χ0v) is 6.52. The van der Waals surface area contributed by atoms with Gasteiger partial charge in [-0.2, -0.15) is 0 Å². The second-order valence-electron chi connectivity index (χ2n) is 2.27. The zero-order valence-electron chi connectivity index (χ0n) is 5.76. The maximum atomic E-state index is 7.35. The van der Waals surface area contributed by atoms with Gasteiger partial charge in [0.2, 0.25) is 0 Å². The number of hydrogen-bond acceptors (Lipinski definition) is 0. The Labute approximate surface area is 65.8 Å². The SMILES string of the molecule is CC([NH])c1ccc(Cl)cc1. The van der Waals surface area contributed by atoms with E-state index in [2.05, 4.69) is 0 Å². The molecule has 2 heteroatoms. The first-order valence-electron chi connectivity index (χ1n) is 3.17. The summed E-state index contributed by atoms with van der Waals surface area (Å²) in [5, 5.41) is 0.726. The fourth-order valence-electron chi connectivity index (χ4n) is 0.751. The lowest BCUT2D eigenvalue weighted by molar-refractivity contribution is 0.788. The summed E-state index contributed by atoms with van der Waals surface area (Å²) in [4.78, 5) is 0. The van der Waals surface area contributed by atoms with Gasteiger partial charge >= 0.3 is 0 Å².